The summed E-state index contributed by atoms with van der Waals surface area (Å²) in [5.41, 5.74) is 9.52. The van der Waals surface area contributed by atoms with Gasteiger partial charge in [-0.05, 0) is 30.9 Å². The molecule has 3 N–H and O–H groups in total. The SMILES string of the molecule is Cn1ncc(CNc2ccc3c(n2)CCC3)c1N. The van der Waals surface area contributed by atoms with Crippen molar-refractivity contribution in [2.75, 3.05) is 11.1 Å². The van der Waals surface area contributed by atoms with Gasteiger partial charge in [-0.2, -0.15) is 5.10 Å². The Morgan fingerprint density at radius 2 is 2.28 bits per heavy atom. The first-order valence-electron chi connectivity index (χ1n) is 6.23. The fraction of sp³-hybridized carbons (Fsp3) is 0.385. The second-order valence-electron chi connectivity index (χ2n) is 4.69. The van der Waals surface area contributed by atoms with Gasteiger partial charge in [-0.15, -0.1) is 0 Å². The lowest BCUT2D eigenvalue weighted by Gasteiger charge is -2.07. The van der Waals surface area contributed by atoms with Crippen molar-refractivity contribution in [1.29, 1.82) is 0 Å². The summed E-state index contributed by atoms with van der Waals surface area (Å²) in [6.45, 7) is 0.658. The molecule has 5 nitrogen and oxygen atoms in total. The van der Waals surface area contributed by atoms with Crippen molar-refractivity contribution >= 4 is 11.6 Å². The second kappa shape index (κ2) is 4.33. The van der Waals surface area contributed by atoms with E-state index in [0.29, 0.717) is 12.4 Å². The van der Waals surface area contributed by atoms with Crippen LogP contribution in [0.1, 0.15) is 23.2 Å². The highest BCUT2D eigenvalue weighted by molar-refractivity contribution is 5.44. The summed E-state index contributed by atoms with van der Waals surface area (Å²) in [5, 5.41) is 7.42. The molecule has 2 aromatic heterocycles. The molecule has 2 aromatic rings. The molecule has 0 bridgehead atoms. The largest absolute Gasteiger partial charge is 0.384 e. The first kappa shape index (κ1) is 11.1. The van der Waals surface area contributed by atoms with E-state index in [9.17, 15) is 0 Å². The highest BCUT2D eigenvalue weighted by Crippen LogP contribution is 2.22. The molecule has 1 aliphatic carbocycles. The third-order valence-electron chi connectivity index (χ3n) is 3.45. The van der Waals surface area contributed by atoms with Crippen LogP contribution in [0.2, 0.25) is 0 Å². The van der Waals surface area contributed by atoms with E-state index in [4.69, 9.17) is 5.73 Å². The molecule has 0 amide bonds. The Balaban J connectivity index is 1.72. The predicted molar refractivity (Wildman–Crippen MR) is 71.2 cm³/mol. The van der Waals surface area contributed by atoms with Gasteiger partial charge in [0.25, 0.3) is 0 Å². The van der Waals surface area contributed by atoms with Gasteiger partial charge in [0.15, 0.2) is 0 Å². The average molecular weight is 243 g/mol. The molecular weight excluding hydrogens is 226 g/mol. The lowest BCUT2D eigenvalue weighted by Crippen LogP contribution is -2.05. The number of nitrogens with one attached hydrogen (secondary N) is 1. The molecule has 0 saturated carbocycles. The molecule has 0 atom stereocenters. The van der Waals surface area contributed by atoms with E-state index in [1.165, 1.54) is 17.7 Å². The minimum atomic E-state index is 0.658. The van der Waals surface area contributed by atoms with Gasteiger partial charge in [0, 0.05) is 24.8 Å². The van der Waals surface area contributed by atoms with Crippen LogP contribution in [0.25, 0.3) is 0 Å². The van der Waals surface area contributed by atoms with Crippen molar-refractivity contribution < 1.29 is 0 Å². The fourth-order valence-corrected chi connectivity index (χ4v) is 2.33. The van der Waals surface area contributed by atoms with Gasteiger partial charge in [0.1, 0.15) is 11.6 Å². The van der Waals surface area contributed by atoms with E-state index in [-0.39, 0.29) is 0 Å². The summed E-state index contributed by atoms with van der Waals surface area (Å²) in [7, 11) is 1.84. The standard InChI is InChI=1S/C13H17N5/c1-18-13(14)10(8-16-18)7-15-12-6-5-9-3-2-4-11(9)17-12/h5-6,8H,2-4,7,14H2,1H3,(H,15,17). The van der Waals surface area contributed by atoms with Crippen LogP contribution >= 0.6 is 0 Å². The molecule has 0 unspecified atom stereocenters. The molecule has 0 radical (unpaired) electrons. The summed E-state index contributed by atoms with van der Waals surface area (Å²) in [5.74, 6) is 1.61. The molecule has 0 saturated heterocycles. The molecule has 5 heteroatoms. The third-order valence-corrected chi connectivity index (χ3v) is 3.45. The highest BCUT2D eigenvalue weighted by atomic mass is 15.3. The van der Waals surface area contributed by atoms with Crippen LogP contribution in [0.15, 0.2) is 18.3 Å². The molecule has 0 aromatic carbocycles. The molecule has 0 spiro atoms. The Labute approximate surface area is 106 Å². The number of fused-ring (bicyclic) bond motifs is 1. The molecule has 18 heavy (non-hydrogen) atoms. The maximum absolute atomic E-state index is 5.90. The van der Waals surface area contributed by atoms with Gasteiger partial charge >= 0.3 is 0 Å². The number of anilines is 2. The van der Waals surface area contributed by atoms with Gasteiger partial charge in [0.05, 0.1) is 6.20 Å². The minimum Gasteiger partial charge on any atom is -0.384 e. The topological polar surface area (TPSA) is 68.8 Å². The van der Waals surface area contributed by atoms with Gasteiger partial charge in [-0.3, -0.25) is 4.68 Å². The first-order chi connectivity index (χ1) is 8.74. The maximum Gasteiger partial charge on any atom is 0.126 e. The quantitative estimate of drug-likeness (QED) is 0.857. The third kappa shape index (κ3) is 1.92. The summed E-state index contributed by atoms with van der Waals surface area (Å²) in [4.78, 5) is 4.63. The van der Waals surface area contributed by atoms with Gasteiger partial charge in [0.2, 0.25) is 0 Å². The number of aromatic nitrogens is 3. The number of aryl methyl sites for hydroxylation is 3. The predicted octanol–water partition coefficient (Wildman–Crippen LogP) is 1.50. The number of pyridine rings is 1. The summed E-state index contributed by atoms with van der Waals surface area (Å²) >= 11 is 0. The molecule has 3 rings (SSSR count). The van der Waals surface area contributed by atoms with E-state index in [2.05, 4.69) is 21.5 Å². The van der Waals surface area contributed by atoms with Crippen molar-refractivity contribution in [2.24, 2.45) is 7.05 Å². The summed E-state index contributed by atoms with van der Waals surface area (Å²) in [6, 6.07) is 4.21. The van der Waals surface area contributed by atoms with E-state index in [0.717, 1.165) is 24.2 Å². The van der Waals surface area contributed by atoms with E-state index >= 15 is 0 Å². The molecule has 94 valence electrons. The van der Waals surface area contributed by atoms with Crippen LogP contribution in [-0.4, -0.2) is 14.8 Å². The van der Waals surface area contributed by atoms with E-state index in [1.807, 2.05) is 13.1 Å². The van der Waals surface area contributed by atoms with Gasteiger partial charge < -0.3 is 11.1 Å². The highest BCUT2D eigenvalue weighted by Gasteiger charge is 2.12. The number of nitrogens with two attached hydrogens (primary N) is 1. The lowest BCUT2D eigenvalue weighted by molar-refractivity contribution is 0.778. The zero-order chi connectivity index (χ0) is 12.5. The van der Waals surface area contributed by atoms with Crippen molar-refractivity contribution in [1.82, 2.24) is 14.8 Å². The number of hydrogen-bond acceptors (Lipinski definition) is 4. The number of nitrogen functional groups attached to an aromatic ring is 1. The van der Waals surface area contributed by atoms with Crippen LogP contribution in [-0.2, 0) is 26.4 Å². The van der Waals surface area contributed by atoms with Crippen LogP contribution in [0.3, 0.4) is 0 Å². The fourth-order valence-electron chi connectivity index (χ4n) is 2.33. The van der Waals surface area contributed by atoms with E-state index in [1.54, 1.807) is 10.9 Å². The normalized spacial score (nSPS) is 13.6. The molecule has 0 aliphatic heterocycles. The van der Waals surface area contributed by atoms with E-state index < -0.39 is 0 Å². The smallest absolute Gasteiger partial charge is 0.126 e. The zero-order valence-electron chi connectivity index (χ0n) is 10.5. The Hall–Kier alpha value is -2.04. The van der Waals surface area contributed by atoms with Crippen LogP contribution in [0.5, 0.6) is 0 Å². The number of hydrogen-bond donors (Lipinski definition) is 2. The maximum atomic E-state index is 5.90. The zero-order valence-corrected chi connectivity index (χ0v) is 10.5. The van der Waals surface area contributed by atoms with Crippen LogP contribution in [0, 0.1) is 0 Å². The van der Waals surface area contributed by atoms with Crippen molar-refractivity contribution in [2.45, 2.75) is 25.8 Å². The van der Waals surface area contributed by atoms with Crippen molar-refractivity contribution in [3.8, 4) is 0 Å². The van der Waals surface area contributed by atoms with Gasteiger partial charge in [-0.25, -0.2) is 4.98 Å². The molecular formula is C13H17N5. The number of nitrogens with zero attached hydrogens (tertiary/aromatic N) is 3. The monoisotopic (exact) mass is 243 g/mol. The van der Waals surface area contributed by atoms with Crippen LogP contribution < -0.4 is 11.1 Å². The second-order valence-corrected chi connectivity index (χ2v) is 4.69. The minimum absolute atomic E-state index is 0.658. The Kier molecular flexibility index (Phi) is 2.66. The van der Waals surface area contributed by atoms with Crippen molar-refractivity contribution in [3.63, 3.8) is 0 Å². The molecule has 1 aliphatic rings. The lowest BCUT2D eigenvalue weighted by atomic mass is 10.2. The van der Waals surface area contributed by atoms with Crippen LogP contribution in [0.4, 0.5) is 11.6 Å². The van der Waals surface area contributed by atoms with Crippen molar-refractivity contribution in [3.05, 3.63) is 35.2 Å². The molecule has 0 fully saturated rings. The summed E-state index contributed by atoms with van der Waals surface area (Å²) < 4.78 is 1.67. The van der Waals surface area contributed by atoms with Gasteiger partial charge in [-0.1, -0.05) is 6.07 Å². The summed E-state index contributed by atoms with van der Waals surface area (Å²) in [6.07, 6.45) is 5.27. The Bertz CT molecular complexity index is 573. The Morgan fingerprint density at radius 3 is 3.06 bits per heavy atom. The average Bonchev–Trinajstić information content (AvgIpc) is 2.96. The first-order valence-corrected chi connectivity index (χ1v) is 6.23. The number of rotatable bonds is 3. The Morgan fingerprint density at radius 1 is 1.39 bits per heavy atom. The molecule has 2 heterocycles.